The van der Waals surface area contributed by atoms with Gasteiger partial charge in [-0.3, -0.25) is 35.1 Å². The summed E-state index contributed by atoms with van der Waals surface area (Å²) in [7, 11) is -1.02. The molecule has 0 saturated carbocycles. The van der Waals surface area contributed by atoms with Crippen LogP contribution in [-0.4, -0.2) is 342 Å². The molecule has 139 heavy (non-hydrogen) atoms. The molecule has 4 aromatic carbocycles. The van der Waals surface area contributed by atoms with E-state index >= 15 is 0 Å². The first-order valence-corrected chi connectivity index (χ1v) is 51.1. The van der Waals surface area contributed by atoms with Crippen LogP contribution in [0.3, 0.4) is 0 Å². The molecule has 11 heterocycles. The molecule has 0 amide bonds. The molecule has 0 unspecified atom stereocenters. The Balaban J connectivity index is 0.000000194. The number of anilines is 10. The maximum atomic E-state index is 13.8. The monoisotopic (exact) mass is 2140 g/mol. The van der Waals surface area contributed by atoms with Gasteiger partial charge in [0.2, 0.25) is 104 Å². The van der Waals surface area contributed by atoms with Gasteiger partial charge >= 0.3 is 11.4 Å². The molecule has 60 heteroatoms. The number of piperazine rings is 2. The summed E-state index contributed by atoms with van der Waals surface area (Å²) in [6, 6.07) is 10.3. The van der Waals surface area contributed by atoms with E-state index in [0.717, 1.165) is 100 Å². The Morgan fingerprint density at radius 3 is 1.03 bits per heavy atom. The zero-order chi connectivity index (χ0) is 102. The standard InChI is InChI=1S/C20H26ClN7O6S.C20H28ClN7O4S.C15H15ClFN5O6S.C8H9Cl2N3O3S.C7H7FN2O3.C6H13N.C3H3ClO/c1-25-4-6-26(7-5-25)16-9-18(33-2)15(8-17(16)28(29)30)23-20-22-10-14(21)19(24-20)34-13-11-27(12-13)35(3,31)32;1-26-4-6-27(7-5-26)17-9-18(31-2)16(8-15(17)22)24-20-23-10-14(21)19(25-20)32-13-11-28(12-13)33(3,29)30;1-27-13-3-10(17)12(22(23)24)4-11(13)19-15-18-5-9(16)14(20-15)28-8-6-21(7-8)29(2,25)26;1-17(14,15)13-3-5(4-13)16-7-6(9)2-11-8(10)12-7;1-13-7-2-4(8)6(10(11)12)3-5(7)9;1-7-5-3-2-4-6-7;1-2-3(4)5/h8-10,13H,4-7,11-12H2,1-3H3,(H,22,23,24);8-10,13H,4-7,11-12,22H2,1-3H3,(H,23,24,25);3-5,8H,6-7H2,1-2H3,(H,18,19,20);2,5H,3-4H2,1H3;2-3H,9H2,1H3;2-6H2,1H3;2H,1H2. The van der Waals surface area contributed by atoms with Crippen molar-refractivity contribution in [2.75, 3.05) is 230 Å². The number of nitro benzene ring substituents is 3. The van der Waals surface area contributed by atoms with Crippen LogP contribution in [-0.2, 0) is 44.9 Å². The van der Waals surface area contributed by atoms with Crippen molar-refractivity contribution in [1.29, 1.82) is 0 Å². The highest BCUT2D eigenvalue weighted by Gasteiger charge is 2.40. The van der Waals surface area contributed by atoms with E-state index in [1.54, 1.807) is 19.2 Å². The maximum absolute atomic E-state index is 13.8. The molecule has 48 nitrogen and oxygen atoms in total. The Morgan fingerprint density at radius 2 is 0.712 bits per heavy atom. The average molecular weight is 2150 g/mol. The lowest BCUT2D eigenvalue weighted by atomic mass is 10.1. The van der Waals surface area contributed by atoms with Gasteiger partial charge in [0.05, 0.1) is 180 Å². The first kappa shape index (κ1) is 112. The van der Waals surface area contributed by atoms with E-state index in [0.29, 0.717) is 47.3 Å². The number of allylic oxidation sites excluding steroid dienone is 1. The van der Waals surface area contributed by atoms with Crippen molar-refractivity contribution >= 4 is 190 Å². The van der Waals surface area contributed by atoms with Crippen molar-refractivity contribution in [3.8, 4) is 46.5 Å². The van der Waals surface area contributed by atoms with Crippen LogP contribution in [0.15, 0.2) is 86.0 Å². The molecule has 0 bridgehead atoms. The molecule has 7 fully saturated rings. The van der Waals surface area contributed by atoms with E-state index in [-0.39, 0.29) is 160 Å². The molecule has 7 N–H and O–H groups in total. The van der Waals surface area contributed by atoms with Crippen LogP contribution >= 0.6 is 69.6 Å². The minimum atomic E-state index is -3.30. The number of aromatic nitrogens is 8. The number of nitrogens with zero attached hydrogens (tertiary/aromatic N) is 20. The summed E-state index contributed by atoms with van der Waals surface area (Å²) in [4.78, 5) is 83.9. The molecule has 7 aliphatic rings. The van der Waals surface area contributed by atoms with Gasteiger partial charge in [0.25, 0.3) is 5.69 Å². The number of nitrogens with two attached hydrogens (primary N) is 2. The van der Waals surface area contributed by atoms with E-state index in [1.807, 2.05) is 18.0 Å². The van der Waals surface area contributed by atoms with Gasteiger partial charge in [-0.2, -0.15) is 45.9 Å². The van der Waals surface area contributed by atoms with Gasteiger partial charge in [0.1, 0.15) is 73.2 Å². The largest absolute Gasteiger partial charge is 0.494 e. The molecular formula is C79H101Cl6F2N25O23S4. The van der Waals surface area contributed by atoms with Crippen LogP contribution in [0.1, 0.15) is 19.3 Å². The number of rotatable bonds is 28. The first-order chi connectivity index (χ1) is 65.3. The smallest absolute Gasteiger partial charge is 0.307 e. The quantitative estimate of drug-likeness (QED) is 0.00762. The zero-order valence-corrected chi connectivity index (χ0v) is 84.3. The van der Waals surface area contributed by atoms with E-state index in [4.69, 9.17) is 114 Å². The number of hydrogen-bond donors (Lipinski definition) is 5. The fraction of sp³-hybridized carbons (Fsp3) is 0.456. The number of halogens is 8. The third-order valence-corrected chi connectivity index (χ3v) is 27.4. The number of nitro groups is 3. The van der Waals surface area contributed by atoms with E-state index < -0.39 is 95.3 Å². The number of likely N-dealkylation sites (N-methyl/N-ethyl adjacent to an activating group) is 2. The molecule has 760 valence electrons. The highest BCUT2D eigenvalue weighted by molar-refractivity contribution is 7.89. The molecule has 8 aromatic rings. The summed E-state index contributed by atoms with van der Waals surface area (Å²) in [5.41, 5.74) is 13.2. The topological polar surface area (TPSA) is 577 Å². The summed E-state index contributed by atoms with van der Waals surface area (Å²) in [5, 5.41) is 42.1. The molecule has 0 spiro atoms. The van der Waals surface area contributed by atoms with Crippen molar-refractivity contribution in [2.24, 2.45) is 0 Å². The number of methoxy groups -OCH3 is 4. The highest BCUT2D eigenvalue weighted by Crippen LogP contribution is 2.43. The van der Waals surface area contributed by atoms with Crippen LogP contribution in [0, 0.1) is 42.0 Å². The van der Waals surface area contributed by atoms with E-state index in [2.05, 4.69) is 101 Å². The number of ether oxygens (including phenoxy) is 8. The average Bonchev–Trinajstić information content (AvgIpc) is 0.928. The van der Waals surface area contributed by atoms with Crippen LogP contribution in [0.5, 0.6) is 46.5 Å². The number of likely N-dealkylation sites (tertiary alicyclic amines) is 1. The summed E-state index contributed by atoms with van der Waals surface area (Å²) in [6.07, 6.45) is 13.8. The zero-order valence-electron chi connectivity index (χ0n) is 76.5. The van der Waals surface area contributed by atoms with Crippen LogP contribution in [0.4, 0.5) is 83.5 Å². The second-order valence-electron chi connectivity index (χ2n) is 31.4. The molecule has 0 atom stereocenters. The van der Waals surface area contributed by atoms with Gasteiger partial charge in [-0.25, -0.2) is 53.6 Å². The Labute approximate surface area is 829 Å². The summed E-state index contributed by atoms with van der Waals surface area (Å²) >= 11 is 34.5. The van der Waals surface area contributed by atoms with Gasteiger partial charge in [-0.15, -0.1) is 0 Å². The van der Waals surface area contributed by atoms with Crippen molar-refractivity contribution in [2.45, 2.75) is 43.7 Å². The lowest BCUT2D eigenvalue weighted by Gasteiger charge is -2.36. The Bertz CT molecular complexity index is 6200. The number of nitrogen functional groups attached to an aromatic ring is 2. The predicted octanol–water partition coefficient (Wildman–Crippen LogP) is 8.93. The molecule has 0 aliphatic carbocycles. The molecule has 0 radical (unpaired) electrons. The summed E-state index contributed by atoms with van der Waals surface area (Å²) in [5.74, 6) is -0.240. The first-order valence-electron chi connectivity index (χ1n) is 41.4. The highest BCUT2D eigenvalue weighted by atomic mass is 35.5. The Hall–Kier alpha value is -11.1. The maximum Gasteiger partial charge on any atom is 0.307 e. The van der Waals surface area contributed by atoms with Crippen LogP contribution < -0.4 is 75.1 Å². The van der Waals surface area contributed by atoms with Crippen molar-refractivity contribution in [1.82, 2.24) is 71.8 Å². The molecular weight excluding hydrogens is 2050 g/mol. The Morgan fingerprint density at radius 1 is 0.424 bits per heavy atom. The number of piperidine rings is 1. The summed E-state index contributed by atoms with van der Waals surface area (Å²) < 4.78 is 166. The third-order valence-electron chi connectivity index (χ3n) is 21.0. The third kappa shape index (κ3) is 32.5. The number of nitrogens with one attached hydrogen (secondary N) is 3. The number of sulfonamides is 4. The van der Waals surface area contributed by atoms with Crippen LogP contribution in [0.25, 0.3) is 0 Å². The number of carbonyl (C=O) groups excluding carboxylic acids is 1. The normalized spacial score (nSPS) is 16.5. The lowest BCUT2D eigenvalue weighted by Crippen LogP contribution is -2.55. The van der Waals surface area contributed by atoms with Gasteiger partial charge in [0.15, 0.2) is 0 Å². The van der Waals surface area contributed by atoms with Gasteiger partial charge < -0.3 is 89.8 Å². The molecule has 7 saturated heterocycles. The fourth-order valence-electron chi connectivity index (χ4n) is 13.2. The minimum absolute atomic E-state index is 0.00195. The van der Waals surface area contributed by atoms with E-state index in [9.17, 15) is 77.6 Å². The SMILES string of the molecule is C=CC(=O)Cl.CN1CCCCC1.COc1cc(F)c([N+](=O)[O-])cc1N.COc1cc(F)c([N+](=O)[O-])cc1Nc1ncc(Cl)c(OC2CN(S(C)(=O)=O)C2)n1.COc1cc(N2CCN(C)CC2)c(N)cc1Nc1ncc(Cl)c(OC2CN(S(C)(=O)=O)C2)n1.COc1cc(N2CCN(C)CC2)c([N+](=O)[O-])cc1Nc1ncc(Cl)c(OC2CN(S(C)(=O)=O)C2)n1.CS(=O)(=O)N1CC(Oc2nc(Cl)ncc2Cl)C1. The lowest BCUT2D eigenvalue weighted by molar-refractivity contribution is -0.387. The van der Waals surface area contributed by atoms with Crippen molar-refractivity contribution in [3.05, 3.63) is 153 Å². The van der Waals surface area contributed by atoms with E-state index in [1.165, 1.54) is 102 Å². The number of benzene rings is 4. The van der Waals surface area contributed by atoms with Crippen molar-refractivity contribution < 1.29 is 99.9 Å². The minimum Gasteiger partial charge on any atom is -0.494 e. The van der Waals surface area contributed by atoms with Gasteiger partial charge in [0, 0.05) is 94.8 Å². The van der Waals surface area contributed by atoms with Gasteiger partial charge in [-0.05, 0) is 82.4 Å². The predicted molar refractivity (Wildman–Crippen MR) is 519 cm³/mol. The number of carbonyl (C=O) groups is 1. The second-order valence-corrected chi connectivity index (χ2v) is 41.7. The fourth-order valence-corrected chi connectivity index (χ4v) is 17.4. The Kier molecular flexibility index (Phi) is 40.0. The van der Waals surface area contributed by atoms with Gasteiger partial charge in [-0.1, -0.05) is 59.4 Å². The number of hydrogen-bond acceptors (Lipinski definition) is 41. The van der Waals surface area contributed by atoms with Crippen LogP contribution in [0.2, 0.25) is 25.4 Å². The summed E-state index contributed by atoms with van der Waals surface area (Å²) in [6.45, 7) is 14.1. The second kappa shape index (κ2) is 49.9. The molecule has 4 aromatic heterocycles. The molecule has 15 rings (SSSR count). The molecule has 7 aliphatic heterocycles. The van der Waals surface area contributed by atoms with Crippen molar-refractivity contribution in [3.63, 3.8) is 0 Å².